The molecular weight excluding hydrogens is 481 g/mol. The second-order valence-electron chi connectivity index (χ2n) is 9.53. The van der Waals surface area contributed by atoms with Crippen molar-refractivity contribution in [2.24, 2.45) is 5.73 Å². The highest BCUT2D eigenvalue weighted by atomic mass is 19.4. The van der Waals surface area contributed by atoms with Crippen molar-refractivity contribution in [3.63, 3.8) is 0 Å². The van der Waals surface area contributed by atoms with Crippen LogP contribution in [0.4, 0.5) is 24.5 Å². The first-order valence-corrected chi connectivity index (χ1v) is 12.2. The van der Waals surface area contributed by atoms with E-state index in [1.165, 1.54) is 16.8 Å². The summed E-state index contributed by atoms with van der Waals surface area (Å²) in [5, 5.41) is 7.33. The number of hydrogen-bond donors (Lipinski definition) is 3. The lowest BCUT2D eigenvalue weighted by molar-refractivity contribution is -0.140. The van der Waals surface area contributed by atoms with Gasteiger partial charge in [0.05, 0.1) is 29.6 Å². The molecule has 0 saturated heterocycles. The number of rotatable bonds is 7. The van der Waals surface area contributed by atoms with Gasteiger partial charge in [0.1, 0.15) is 12.2 Å². The Morgan fingerprint density at radius 3 is 2.57 bits per heavy atom. The van der Waals surface area contributed by atoms with Gasteiger partial charge in [-0.05, 0) is 76.0 Å². The Morgan fingerprint density at radius 1 is 1.19 bits per heavy atom. The summed E-state index contributed by atoms with van der Waals surface area (Å²) in [4.78, 5) is 17.3. The molecule has 2 aromatic heterocycles. The van der Waals surface area contributed by atoms with Crippen molar-refractivity contribution in [3.05, 3.63) is 54.0 Å². The smallest absolute Gasteiger partial charge is 0.382 e. The number of hydrogen-bond acceptors (Lipinski definition) is 5. The highest BCUT2D eigenvalue weighted by Gasteiger charge is 2.30. The molecule has 1 saturated carbocycles. The van der Waals surface area contributed by atoms with Gasteiger partial charge in [-0.15, -0.1) is 0 Å². The Balaban J connectivity index is 1.54. The van der Waals surface area contributed by atoms with Crippen LogP contribution in [0.15, 0.2) is 42.6 Å². The molecule has 0 atom stereocenters. The molecule has 1 aliphatic carbocycles. The van der Waals surface area contributed by atoms with Gasteiger partial charge in [0.15, 0.2) is 0 Å². The van der Waals surface area contributed by atoms with Crippen molar-refractivity contribution in [3.8, 4) is 11.8 Å². The lowest BCUT2D eigenvalue weighted by atomic mass is 9.90. The molecule has 1 aliphatic rings. The van der Waals surface area contributed by atoms with Crippen LogP contribution in [0, 0.1) is 11.8 Å². The number of primary amides is 1. The molecule has 0 aliphatic heterocycles. The first kappa shape index (κ1) is 26.4. The van der Waals surface area contributed by atoms with Crippen LogP contribution in [0.5, 0.6) is 0 Å². The number of carbonyl (C=O) groups is 1. The monoisotopic (exact) mass is 512 g/mol. The molecule has 7 nitrogen and oxygen atoms in total. The Labute approximate surface area is 214 Å². The van der Waals surface area contributed by atoms with Crippen molar-refractivity contribution in [2.45, 2.75) is 50.5 Å². The number of pyridine rings is 1. The summed E-state index contributed by atoms with van der Waals surface area (Å²) in [7, 11) is 4.19. The van der Waals surface area contributed by atoms with Crippen LogP contribution < -0.4 is 16.4 Å². The molecule has 4 N–H and O–H groups in total. The number of nitrogens with one attached hydrogen (secondary N) is 2. The maximum Gasteiger partial charge on any atom is 0.406 e. The van der Waals surface area contributed by atoms with Crippen LogP contribution in [0.25, 0.3) is 10.9 Å². The minimum absolute atomic E-state index is 0.142. The third-order valence-corrected chi connectivity index (χ3v) is 6.68. The number of anilines is 2. The molecule has 1 aromatic carbocycles. The van der Waals surface area contributed by atoms with Gasteiger partial charge >= 0.3 is 6.18 Å². The molecule has 1 fully saturated rings. The minimum Gasteiger partial charge on any atom is -0.382 e. The summed E-state index contributed by atoms with van der Waals surface area (Å²) in [6.45, 7) is -0.935. The van der Waals surface area contributed by atoms with E-state index in [9.17, 15) is 18.0 Å². The van der Waals surface area contributed by atoms with E-state index in [4.69, 9.17) is 5.73 Å². The Kier molecular flexibility index (Phi) is 7.93. The Hall–Kier alpha value is -3.71. The van der Waals surface area contributed by atoms with Crippen molar-refractivity contribution in [1.82, 2.24) is 14.5 Å². The number of nitrogens with zero attached hydrogens (tertiary/aromatic N) is 3. The van der Waals surface area contributed by atoms with E-state index in [2.05, 4.69) is 46.5 Å². The maximum absolute atomic E-state index is 13.5. The molecule has 0 bridgehead atoms. The normalized spacial score (nSPS) is 17.9. The minimum atomic E-state index is -4.39. The van der Waals surface area contributed by atoms with E-state index in [0.717, 1.165) is 36.8 Å². The fourth-order valence-corrected chi connectivity index (χ4v) is 4.75. The highest BCUT2D eigenvalue weighted by Crippen LogP contribution is 2.32. The molecule has 3 aromatic rings. The molecule has 0 radical (unpaired) electrons. The number of carbonyl (C=O) groups excluding carboxylic acids is 1. The second kappa shape index (κ2) is 11.1. The predicted octanol–water partition coefficient (Wildman–Crippen LogP) is 4.45. The summed E-state index contributed by atoms with van der Waals surface area (Å²) >= 11 is 0. The van der Waals surface area contributed by atoms with Crippen LogP contribution in [0.3, 0.4) is 0 Å². The molecule has 2 heterocycles. The van der Waals surface area contributed by atoms with Crippen molar-refractivity contribution >= 4 is 28.2 Å². The van der Waals surface area contributed by atoms with Crippen LogP contribution >= 0.6 is 0 Å². The third-order valence-electron chi connectivity index (χ3n) is 6.68. The van der Waals surface area contributed by atoms with E-state index in [1.54, 1.807) is 24.3 Å². The zero-order valence-corrected chi connectivity index (χ0v) is 20.9. The molecule has 1 amide bonds. The molecule has 37 heavy (non-hydrogen) atoms. The van der Waals surface area contributed by atoms with Crippen LogP contribution in [0.2, 0.25) is 0 Å². The largest absolute Gasteiger partial charge is 0.406 e. The van der Waals surface area contributed by atoms with Gasteiger partial charge in [-0.2, -0.15) is 13.2 Å². The summed E-state index contributed by atoms with van der Waals surface area (Å²) in [5.74, 6) is 5.17. The summed E-state index contributed by atoms with van der Waals surface area (Å²) in [5.41, 5.74) is 7.56. The average molecular weight is 513 g/mol. The van der Waals surface area contributed by atoms with Gasteiger partial charge in [0.25, 0.3) is 5.91 Å². The van der Waals surface area contributed by atoms with Gasteiger partial charge in [-0.25, -0.2) is 4.98 Å². The summed E-state index contributed by atoms with van der Waals surface area (Å²) < 4.78 is 41.6. The molecule has 4 rings (SSSR count). The van der Waals surface area contributed by atoms with Crippen LogP contribution in [0.1, 0.15) is 41.9 Å². The quantitative estimate of drug-likeness (QED) is 0.407. The van der Waals surface area contributed by atoms with Gasteiger partial charge in [-0.1, -0.05) is 12.0 Å². The van der Waals surface area contributed by atoms with E-state index >= 15 is 0 Å². The van der Waals surface area contributed by atoms with E-state index < -0.39 is 18.6 Å². The van der Waals surface area contributed by atoms with Crippen molar-refractivity contribution in [1.29, 1.82) is 0 Å². The van der Waals surface area contributed by atoms with E-state index in [1.807, 2.05) is 6.07 Å². The third kappa shape index (κ3) is 6.74. The number of aromatic nitrogens is 2. The number of benzene rings is 1. The standard InChI is InChI=1S/C27H31F3N6O/c1-35(2)20-11-8-18(9-12-20)34-23-6-3-7-25-22(23)15-21(36(25)17-27(28,29)30)5-4-14-32-19-10-13-24(26(31)37)33-16-19/h3,6-7,10,13,15-16,18,20,32,34H,8-9,11-12,14,17H2,1-2H3,(H2,31,37). The van der Waals surface area contributed by atoms with E-state index in [-0.39, 0.29) is 18.3 Å². The highest BCUT2D eigenvalue weighted by molar-refractivity contribution is 5.94. The lowest BCUT2D eigenvalue weighted by Gasteiger charge is -2.33. The first-order chi connectivity index (χ1) is 17.6. The lowest BCUT2D eigenvalue weighted by Crippen LogP contribution is -2.36. The zero-order valence-electron chi connectivity index (χ0n) is 20.9. The SMILES string of the molecule is CN(C)C1CCC(Nc2cccc3c2cc(C#CCNc2ccc(C(N)=O)nc2)n3CC(F)(F)F)CC1. The second-order valence-corrected chi connectivity index (χ2v) is 9.53. The molecular formula is C27H31F3N6O. The van der Waals surface area contributed by atoms with Crippen molar-refractivity contribution < 1.29 is 18.0 Å². The number of amides is 1. The Morgan fingerprint density at radius 2 is 1.95 bits per heavy atom. The zero-order chi connectivity index (χ0) is 26.6. The fourth-order valence-electron chi connectivity index (χ4n) is 4.75. The van der Waals surface area contributed by atoms with Gasteiger partial charge < -0.3 is 25.8 Å². The predicted molar refractivity (Wildman–Crippen MR) is 139 cm³/mol. The number of nitrogens with two attached hydrogens (primary N) is 1. The van der Waals surface area contributed by atoms with Crippen LogP contribution in [-0.4, -0.2) is 59.3 Å². The number of fused-ring (bicyclic) bond motifs is 1. The topological polar surface area (TPSA) is 88.2 Å². The number of halogens is 3. The maximum atomic E-state index is 13.5. The molecule has 10 heteroatoms. The van der Waals surface area contributed by atoms with E-state index in [0.29, 0.717) is 22.9 Å². The average Bonchev–Trinajstić information content (AvgIpc) is 3.19. The van der Waals surface area contributed by atoms with Crippen molar-refractivity contribution in [2.75, 3.05) is 31.3 Å². The fraction of sp³-hybridized carbons (Fsp3) is 0.407. The van der Waals surface area contributed by atoms with Gasteiger partial charge in [0.2, 0.25) is 0 Å². The van der Waals surface area contributed by atoms with Gasteiger partial charge in [0, 0.05) is 23.2 Å². The van der Waals surface area contributed by atoms with Crippen LogP contribution in [-0.2, 0) is 6.54 Å². The summed E-state index contributed by atoms with van der Waals surface area (Å²) in [6, 6.07) is 11.1. The first-order valence-electron chi connectivity index (χ1n) is 12.2. The molecule has 0 unspecified atom stereocenters. The Bertz CT molecular complexity index is 1300. The number of alkyl halides is 3. The van der Waals surface area contributed by atoms with Gasteiger partial charge in [-0.3, -0.25) is 4.79 Å². The molecule has 196 valence electrons. The molecule has 0 spiro atoms. The summed E-state index contributed by atoms with van der Waals surface area (Å²) in [6.07, 6.45) is 1.25.